The number of fused-ring (bicyclic) bond motifs is 2. The molecule has 0 bridgehead atoms. The number of rotatable bonds is 6. The molecule has 1 saturated heterocycles. The van der Waals surface area contributed by atoms with Crippen molar-refractivity contribution >= 4 is 28.1 Å². The van der Waals surface area contributed by atoms with Crippen molar-refractivity contribution in [3.8, 4) is 17.4 Å². The highest BCUT2D eigenvalue weighted by molar-refractivity contribution is 5.97. The average molecular weight is 488 g/mol. The minimum absolute atomic E-state index is 0.0000579. The van der Waals surface area contributed by atoms with Crippen LogP contribution in [0.25, 0.3) is 33.7 Å². The third kappa shape index (κ3) is 3.64. The maximum Gasteiger partial charge on any atom is 0.255 e. The summed E-state index contributed by atoms with van der Waals surface area (Å²) < 4.78 is 9.64. The standard InChI is InChI=1S/C27H33N7O2/c1-5-17-14-33(15(2)23(17)28)27(35)19-10-20-25(29-12-19)32(3)26(30-20)21-11-18-8-9-22(36-4)31-24(18)34(21)13-16-6-7-16/h8-12,15-17,23H,5-7,13-14,28H2,1-4H3/t15?,17-,23+/m1/s1. The zero-order valence-corrected chi connectivity index (χ0v) is 21.3. The van der Waals surface area contributed by atoms with Crippen LogP contribution in [0.4, 0.5) is 0 Å². The summed E-state index contributed by atoms with van der Waals surface area (Å²) in [5.41, 5.74) is 10.3. The molecule has 4 aromatic rings. The number of hydrogen-bond donors (Lipinski definition) is 1. The Bertz CT molecular complexity index is 1470. The fourth-order valence-corrected chi connectivity index (χ4v) is 5.55. The molecule has 36 heavy (non-hydrogen) atoms. The quantitative estimate of drug-likeness (QED) is 0.446. The lowest BCUT2D eigenvalue weighted by atomic mass is 9.98. The summed E-state index contributed by atoms with van der Waals surface area (Å²) in [5.74, 6) is 2.35. The van der Waals surface area contributed by atoms with E-state index in [1.54, 1.807) is 13.3 Å². The van der Waals surface area contributed by atoms with Gasteiger partial charge >= 0.3 is 0 Å². The fourth-order valence-electron chi connectivity index (χ4n) is 5.55. The van der Waals surface area contributed by atoms with Gasteiger partial charge < -0.3 is 24.5 Å². The van der Waals surface area contributed by atoms with Crippen LogP contribution >= 0.6 is 0 Å². The summed E-state index contributed by atoms with van der Waals surface area (Å²) in [6.45, 7) is 5.74. The number of likely N-dealkylation sites (tertiary alicyclic amines) is 1. The van der Waals surface area contributed by atoms with Gasteiger partial charge in [0, 0.05) is 49.9 Å². The molecule has 2 aliphatic rings. The Morgan fingerprint density at radius 1 is 1.19 bits per heavy atom. The molecule has 2 N–H and O–H groups in total. The van der Waals surface area contributed by atoms with E-state index in [9.17, 15) is 4.79 Å². The third-order valence-corrected chi connectivity index (χ3v) is 8.06. The van der Waals surface area contributed by atoms with Crippen LogP contribution in [0.15, 0.2) is 30.5 Å². The van der Waals surface area contributed by atoms with Gasteiger partial charge in [0.1, 0.15) is 11.2 Å². The van der Waals surface area contributed by atoms with Crippen LogP contribution in [0.5, 0.6) is 5.88 Å². The van der Waals surface area contributed by atoms with Crippen LogP contribution < -0.4 is 10.5 Å². The molecule has 0 radical (unpaired) electrons. The zero-order chi connectivity index (χ0) is 25.1. The van der Waals surface area contributed by atoms with Gasteiger partial charge in [0.2, 0.25) is 5.88 Å². The monoisotopic (exact) mass is 487 g/mol. The van der Waals surface area contributed by atoms with E-state index >= 15 is 0 Å². The summed E-state index contributed by atoms with van der Waals surface area (Å²) in [6, 6.07) is 7.92. The zero-order valence-electron chi connectivity index (χ0n) is 21.3. The van der Waals surface area contributed by atoms with Crippen LogP contribution in [-0.2, 0) is 13.6 Å². The maximum absolute atomic E-state index is 13.4. The van der Waals surface area contributed by atoms with Crippen LogP contribution in [0.1, 0.15) is 43.5 Å². The van der Waals surface area contributed by atoms with Crippen LogP contribution in [0.2, 0.25) is 0 Å². The van der Waals surface area contributed by atoms with E-state index in [0.29, 0.717) is 35.3 Å². The molecule has 1 amide bonds. The number of pyridine rings is 2. The Balaban J connectivity index is 1.41. The summed E-state index contributed by atoms with van der Waals surface area (Å²) in [7, 11) is 3.61. The number of aromatic nitrogens is 5. The first kappa shape index (κ1) is 23.0. The van der Waals surface area contributed by atoms with Crippen molar-refractivity contribution in [3.63, 3.8) is 0 Å². The van der Waals surface area contributed by atoms with E-state index < -0.39 is 0 Å². The Labute approximate surface area is 210 Å². The molecule has 9 nitrogen and oxygen atoms in total. The van der Waals surface area contributed by atoms with E-state index in [-0.39, 0.29) is 18.0 Å². The number of hydrogen-bond acceptors (Lipinski definition) is 6. The first-order valence-electron chi connectivity index (χ1n) is 12.8. The van der Waals surface area contributed by atoms with Crippen molar-refractivity contribution in [2.45, 2.75) is 51.7 Å². The van der Waals surface area contributed by atoms with Crippen LogP contribution in [-0.4, -0.2) is 60.6 Å². The topological polar surface area (TPSA) is 104 Å². The fraction of sp³-hybridized carbons (Fsp3) is 0.481. The number of aryl methyl sites for hydroxylation is 1. The van der Waals surface area contributed by atoms with Crippen molar-refractivity contribution in [2.24, 2.45) is 24.6 Å². The van der Waals surface area contributed by atoms with Gasteiger partial charge in [-0.3, -0.25) is 4.79 Å². The number of imidazole rings is 1. The Morgan fingerprint density at radius 3 is 2.69 bits per heavy atom. The third-order valence-electron chi connectivity index (χ3n) is 8.06. The molecule has 9 heteroatoms. The number of amides is 1. The summed E-state index contributed by atoms with van der Waals surface area (Å²) in [4.78, 5) is 29.7. The molecule has 188 valence electrons. The lowest BCUT2D eigenvalue weighted by Gasteiger charge is -2.23. The second-order valence-electron chi connectivity index (χ2n) is 10.4. The number of nitrogens with zero attached hydrogens (tertiary/aromatic N) is 6. The van der Waals surface area contributed by atoms with Gasteiger partial charge in [0.05, 0.1) is 18.4 Å². The minimum atomic E-state index is -0.0327. The highest BCUT2D eigenvalue weighted by atomic mass is 16.5. The largest absolute Gasteiger partial charge is 0.481 e. The normalized spacial score (nSPS) is 22.1. The van der Waals surface area contributed by atoms with Crippen molar-refractivity contribution in [1.82, 2.24) is 29.0 Å². The second-order valence-corrected chi connectivity index (χ2v) is 10.4. The molecule has 2 fully saturated rings. The van der Waals surface area contributed by atoms with Crippen molar-refractivity contribution in [2.75, 3.05) is 13.7 Å². The van der Waals surface area contributed by atoms with E-state index in [2.05, 4.69) is 22.5 Å². The molecule has 0 spiro atoms. The number of nitrogens with two attached hydrogens (primary N) is 1. The summed E-state index contributed by atoms with van der Waals surface area (Å²) >= 11 is 0. The molecular formula is C27H33N7O2. The van der Waals surface area contributed by atoms with Crippen LogP contribution in [0, 0.1) is 11.8 Å². The highest BCUT2D eigenvalue weighted by Crippen LogP contribution is 2.36. The Hall–Kier alpha value is -3.46. The van der Waals surface area contributed by atoms with Crippen molar-refractivity contribution in [1.29, 1.82) is 0 Å². The van der Waals surface area contributed by atoms with E-state index in [4.69, 9.17) is 20.4 Å². The molecular weight excluding hydrogens is 454 g/mol. The maximum atomic E-state index is 13.4. The molecule has 5 heterocycles. The van der Waals surface area contributed by atoms with Gasteiger partial charge in [-0.15, -0.1) is 0 Å². The lowest BCUT2D eigenvalue weighted by molar-refractivity contribution is 0.0739. The minimum Gasteiger partial charge on any atom is -0.481 e. The smallest absolute Gasteiger partial charge is 0.255 e. The average Bonchev–Trinajstić information content (AvgIpc) is 3.48. The predicted octanol–water partition coefficient (Wildman–Crippen LogP) is 3.60. The van der Waals surface area contributed by atoms with Gasteiger partial charge in [-0.05, 0) is 49.8 Å². The number of ether oxygens (including phenoxy) is 1. The van der Waals surface area contributed by atoms with Gasteiger partial charge in [-0.2, -0.15) is 4.98 Å². The molecule has 4 aromatic heterocycles. The van der Waals surface area contributed by atoms with E-state index in [1.165, 1.54) is 12.8 Å². The number of carbonyl (C=O) groups is 1. The van der Waals surface area contributed by atoms with E-state index in [0.717, 1.165) is 41.2 Å². The lowest BCUT2D eigenvalue weighted by Crippen LogP contribution is -2.41. The number of methoxy groups -OCH3 is 1. The molecule has 1 saturated carbocycles. The van der Waals surface area contributed by atoms with Crippen LogP contribution in [0.3, 0.4) is 0 Å². The SMILES string of the molecule is CC[C@@H]1CN(C(=O)c2cnc3c(c2)nc(-c2cc4ccc(OC)nc4n2CC2CC2)n3C)C(C)[C@@H]1N. The highest BCUT2D eigenvalue weighted by Gasteiger charge is 2.38. The molecule has 0 aromatic carbocycles. The molecule has 3 atom stereocenters. The summed E-state index contributed by atoms with van der Waals surface area (Å²) in [6.07, 6.45) is 5.10. The van der Waals surface area contributed by atoms with Crippen molar-refractivity contribution in [3.05, 3.63) is 36.0 Å². The first-order valence-corrected chi connectivity index (χ1v) is 12.8. The molecule has 1 aliphatic heterocycles. The van der Waals surface area contributed by atoms with Gasteiger partial charge in [0.15, 0.2) is 11.5 Å². The molecule has 1 unspecified atom stereocenters. The number of carbonyl (C=O) groups excluding carboxylic acids is 1. The summed E-state index contributed by atoms with van der Waals surface area (Å²) in [5, 5.41) is 1.05. The Morgan fingerprint density at radius 2 is 2.00 bits per heavy atom. The predicted molar refractivity (Wildman–Crippen MR) is 139 cm³/mol. The Kier molecular flexibility index (Phi) is 5.48. The second kappa shape index (κ2) is 8.58. The molecule has 1 aliphatic carbocycles. The van der Waals surface area contributed by atoms with Gasteiger partial charge in [-0.1, -0.05) is 13.3 Å². The first-order chi connectivity index (χ1) is 17.4. The molecule has 6 rings (SSSR count). The van der Waals surface area contributed by atoms with Crippen molar-refractivity contribution < 1.29 is 9.53 Å². The van der Waals surface area contributed by atoms with Gasteiger partial charge in [0.25, 0.3) is 5.91 Å². The van der Waals surface area contributed by atoms with E-state index in [1.807, 2.05) is 41.6 Å². The van der Waals surface area contributed by atoms with Gasteiger partial charge in [-0.25, -0.2) is 9.97 Å².